The van der Waals surface area contributed by atoms with Gasteiger partial charge in [-0.3, -0.25) is 0 Å². The summed E-state index contributed by atoms with van der Waals surface area (Å²) in [5.41, 5.74) is 6.26. The summed E-state index contributed by atoms with van der Waals surface area (Å²) in [4.78, 5) is 4.32. The van der Waals surface area contributed by atoms with E-state index >= 15 is 0 Å². The van der Waals surface area contributed by atoms with Crippen LogP contribution < -0.4 is 5.73 Å². The van der Waals surface area contributed by atoms with Gasteiger partial charge in [-0.1, -0.05) is 0 Å². The summed E-state index contributed by atoms with van der Waals surface area (Å²) in [7, 11) is 0. The number of benzene rings is 1. The second-order valence-electron chi connectivity index (χ2n) is 2.76. The third kappa shape index (κ3) is 3.10. The van der Waals surface area contributed by atoms with Gasteiger partial charge in [0.1, 0.15) is 5.82 Å². The molecule has 0 radical (unpaired) electrons. The third-order valence-electron chi connectivity index (χ3n) is 1.75. The van der Waals surface area contributed by atoms with Crippen LogP contribution in [-0.4, -0.2) is 17.0 Å². The van der Waals surface area contributed by atoms with E-state index in [2.05, 4.69) is 4.98 Å². The number of halogens is 2. The fourth-order valence-electron chi connectivity index (χ4n) is 1.18. The number of fused-ring (bicyclic) bond motifs is 1. The van der Waals surface area contributed by atoms with Gasteiger partial charge in [0.25, 0.3) is 0 Å². The van der Waals surface area contributed by atoms with Gasteiger partial charge >= 0.3 is 0 Å². The molecule has 2 rings (SSSR count). The summed E-state index contributed by atoms with van der Waals surface area (Å²) in [6.07, 6.45) is 0.765. The number of hydrogen-bond donors (Lipinski definition) is 1. The average molecular weight is 251 g/mol. The molecule has 0 fully saturated rings. The molecule has 0 atom stereocenters. The maximum atomic E-state index is 12.8. The zero-order valence-corrected chi connectivity index (χ0v) is 9.50. The predicted octanol–water partition coefficient (Wildman–Crippen LogP) is 1.53. The van der Waals surface area contributed by atoms with Gasteiger partial charge in [0.05, 0.1) is 15.2 Å². The lowest BCUT2D eigenvalue weighted by Crippen LogP contribution is -2.01. The van der Waals surface area contributed by atoms with Gasteiger partial charge in [-0.25, -0.2) is 9.37 Å². The molecule has 0 aliphatic rings. The fourth-order valence-corrected chi connectivity index (χ4v) is 2.18. The van der Waals surface area contributed by atoms with Gasteiger partial charge in [-0.05, 0) is 24.7 Å². The Kier molecular flexibility index (Phi) is 5.67. The maximum absolute atomic E-state index is 12.8. The van der Waals surface area contributed by atoms with Gasteiger partial charge in [0, 0.05) is 6.42 Å². The second kappa shape index (κ2) is 5.97. The molecule has 0 bridgehead atoms. The molecule has 2 aromatic rings. The molecule has 0 aliphatic carbocycles. The normalized spacial score (nSPS) is 9.47. The first-order valence-corrected chi connectivity index (χ1v) is 4.86. The van der Waals surface area contributed by atoms with Gasteiger partial charge in [-0.2, -0.15) is 0 Å². The quantitative estimate of drug-likeness (QED) is 0.878. The number of thiazole rings is 1. The first-order valence-electron chi connectivity index (χ1n) is 4.04. The monoisotopic (exact) mass is 250 g/mol. The zero-order chi connectivity index (χ0) is 9.26. The van der Waals surface area contributed by atoms with Crippen LogP contribution in [0.4, 0.5) is 4.39 Å². The van der Waals surface area contributed by atoms with E-state index in [1.807, 2.05) is 0 Å². The molecular formula is C9H12ClFN2OS. The van der Waals surface area contributed by atoms with Crippen LogP contribution in [0.15, 0.2) is 18.2 Å². The predicted molar refractivity (Wildman–Crippen MR) is 63.2 cm³/mol. The fraction of sp³-hybridized carbons (Fsp3) is 0.222. The van der Waals surface area contributed by atoms with Crippen molar-refractivity contribution in [3.8, 4) is 0 Å². The van der Waals surface area contributed by atoms with Crippen molar-refractivity contribution in [2.75, 3.05) is 6.54 Å². The van der Waals surface area contributed by atoms with Crippen molar-refractivity contribution in [1.82, 2.24) is 4.98 Å². The summed E-state index contributed by atoms with van der Waals surface area (Å²) >= 11 is 1.50. The van der Waals surface area contributed by atoms with Crippen molar-refractivity contribution in [2.24, 2.45) is 5.73 Å². The van der Waals surface area contributed by atoms with Gasteiger partial charge in [0.2, 0.25) is 0 Å². The summed E-state index contributed by atoms with van der Waals surface area (Å²) in [5, 5.41) is 0.975. The van der Waals surface area contributed by atoms with E-state index in [4.69, 9.17) is 5.73 Å². The average Bonchev–Trinajstić information content (AvgIpc) is 2.46. The second-order valence-corrected chi connectivity index (χ2v) is 3.87. The Morgan fingerprint density at radius 1 is 1.40 bits per heavy atom. The lowest BCUT2D eigenvalue weighted by atomic mass is 10.3. The molecule has 0 spiro atoms. The van der Waals surface area contributed by atoms with Crippen LogP contribution in [0.5, 0.6) is 0 Å². The van der Waals surface area contributed by atoms with E-state index < -0.39 is 0 Å². The van der Waals surface area contributed by atoms with E-state index in [1.165, 1.54) is 23.5 Å². The summed E-state index contributed by atoms with van der Waals surface area (Å²) in [6.45, 7) is 0.586. The van der Waals surface area contributed by atoms with Gasteiger partial charge in [-0.15, -0.1) is 23.7 Å². The van der Waals surface area contributed by atoms with Crippen LogP contribution >= 0.6 is 23.7 Å². The van der Waals surface area contributed by atoms with Crippen molar-refractivity contribution >= 4 is 34.0 Å². The molecule has 3 nitrogen and oxygen atoms in total. The van der Waals surface area contributed by atoms with Crippen molar-refractivity contribution in [3.63, 3.8) is 0 Å². The third-order valence-corrected chi connectivity index (χ3v) is 2.83. The van der Waals surface area contributed by atoms with Crippen molar-refractivity contribution in [2.45, 2.75) is 6.42 Å². The highest BCUT2D eigenvalue weighted by Gasteiger charge is 2.03. The molecule has 1 aromatic heterocycles. The Morgan fingerprint density at radius 3 is 2.80 bits per heavy atom. The maximum Gasteiger partial charge on any atom is 0.124 e. The van der Waals surface area contributed by atoms with Crippen LogP contribution in [0.2, 0.25) is 0 Å². The van der Waals surface area contributed by atoms with Crippen molar-refractivity contribution in [1.29, 1.82) is 0 Å². The number of aromatic nitrogens is 1. The van der Waals surface area contributed by atoms with Crippen LogP contribution in [0.3, 0.4) is 0 Å². The van der Waals surface area contributed by atoms with Crippen molar-refractivity contribution in [3.05, 3.63) is 29.0 Å². The Morgan fingerprint density at radius 2 is 2.13 bits per heavy atom. The molecule has 0 aliphatic heterocycles. The van der Waals surface area contributed by atoms with E-state index in [0.29, 0.717) is 6.54 Å². The Bertz CT molecular complexity index is 435. The highest BCUT2D eigenvalue weighted by Crippen LogP contribution is 2.22. The lowest BCUT2D eigenvalue weighted by Gasteiger charge is -1.85. The molecule has 84 valence electrons. The Hall–Kier alpha value is -0.750. The largest absolute Gasteiger partial charge is 0.412 e. The first kappa shape index (κ1) is 14.2. The molecule has 6 heteroatoms. The highest BCUT2D eigenvalue weighted by molar-refractivity contribution is 7.18. The number of nitrogens with two attached hydrogens (primary N) is 1. The molecule has 1 aromatic carbocycles. The van der Waals surface area contributed by atoms with Crippen molar-refractivity contribution < 1.29 is 9.87 Å². The SMILES string of the molecule is Cl.NCCc1nc2ccc(F)cc2s1.O. The minimum absolute atomic E-state index is 0. The summed E-state index contributed by atoms with van der Waals surface area (Å²) < 4.78 is 13.7. The van der Waals surface area contributed by atoms with E-state index in [-0.39, 0.29) is 23.7 Å². The molecule has 4 N–H and O–H groups in total. The highest BCUT2D eigenvalue weighted by atomic mass is 35.5. The molecule has 0 saturated heterocycles. The standard InChI is InChI=1S/C9H9FN2S.ClH.H2O/c10-6-1-2-7-8(5-6)13-9(12-7)3-4-11;;/h1-2,5H,3-4,11H2;1H;1H2. The van der Waals surface area contributed by atoms with Gasteiger partial charge in [0.15, 0.2) is 0 Å². The molecular weight excluding hydrogens is 239 g/mol. The number of nitrogens with zero attached hydrogens (tertiary/aromatic N) is 1. The summed E-state index contributed by atoms with van der Waals surface area (Å²) in [6, 6.07) is 4.63. The van der Waals surface area contributed by atoms with E-state index in [1.54, 1.807) is 6.07 Å². The van der Waals surface area contributed by atoms with Crippen LogP contribution in [-0.2, 0) is 6.42 Å². The first-order chi connectivity index (χ1) is 6.29. The minimum Gasteiger partial charge on any atom is -0.412 e. The zero-order valence-electron chi connectivity index (χ0n) is 7.87. The van der Waals surface area contributed by atoms with Gasteiger partial charge < -0.3 is 11.2 Å². The van der Waals surface area contributed by atoms with Crippen LogP contribution in [0.25, 0.3) is 10.2 Å². The van der Waals surface area contributed by atoms with Crippen LogP contribution in [0.1, 0.15) is 5.01 Å². The topological polar surface area (TPSA) is 70.4 Å². The molecule has 0 saturated carbocycles. The smallest absolute Gasteiger partial charge is 0.124 e. The minimum atomic E-state index is -0.213. The molecule has 15 heavy (non-hydrogen) atoms. The number of rotatable bonds is 2. The van der Waals surface area contributed by atoms with Crippen LogP contribution in [0, 0.1) is 5.82 Å². The number of hydrogen-bond acceptors (Lipinski definition) is 3. The Labute approximate surface area is 96.8 Å². The molecule has 1 heterocycles. The lowest BCUT2D eigenvalue weighted by molar-refractivity contribution is 0.630. The molecule has 0 amide bonds. The van der Waals surface area contributed by atoms with E-state index in [0.717, 1.165) is 21.6 Å². The Balaban J connectivity index is 0.000000980. The molecule has 0 unspecified atom stereocenters. The van der Waals surface area contributed by atoms with E-state index in [9.17, 15) is 4.39 Å². The summed E-state index contributed by atoms with van der Waals surface area (Å²) in [5.74, 6) is -0.213.